The lowest BCUT2D eigenvalue weighted by atomic mass is 9.88. The predicted octanol–water partition coefficient (Wildman–Crippen LogP) is 4.06. The van der Waals surface area contributed by atoms with Crippen LogP contribution < -0.4 is 0 Å². The first kappa shape index (κ1) is 20.3. The van der Waals surface area contributed by atoms with E-state index in [1.807, 2.05) is 0 Å². The highest BCUT2D eigenvalue weighted by atomic mass is 19.4. The Bertz CT molecular complexity index is 836. The third kappa shape index (κ3) is 4.23. The van der Waals surface area contributed by atoms with Gasteiger partial charge in [-0.15, -0.1) is 0 Å². The van der Waals surface area contributed by atoms with Crippen LogP contribution in [0.5, 0.6) is 0 Å². The van der Waals surface area contributed by atoms with Crippen molar-refractivity contribution in [2.45, 2.75) is 18.3 Å². The van der Waals surface area contributed by atoms with Gasteiger partial charge < -0.3 is 14.8 Å². The molecule has 1 aromatic carbocycles. The van der Waals surface area contributed by atoms with Crippen molar-refractivity contribution < 1.29 is 45.8 Å². The Labute approximate surface area is 147 Å². The summed E-state index contributed by atoms with van der Waals surface area (Å²) < 4.78 is 82.5. The summed E-state index contributed by atoms with van der Waals surface area (Å²) in [6.45, 7) is 0. The first-order chi connectivity index (χ1) is 12.4. The monoisotopic (exact) mass is 395 g/mol. The van der Waals surface area contributed by atoms with E-state index in [1.54, 1.807) is 0 Å². The average molecular weight is 395 g/mol. The summed E-state index contributed by atoms with van der Waals surface area (Å²) in [7, 11) is 0.987. The zero-order valence-corrected chi connectivity index (χ0v) is 13.4. The van der Waals surface area contributed by atoms with Gasteiger partial charge in [-0.1, -0.05) is 0 Å². The number of nitrogens with one attached hydrogen (secondary N) is 1. The Hall–Kier alpha value is -2.98. The normalized spacial score (nSPS) is 13.3. The molecule has 0 bridgehead atoms. The quantitative estimate of drug-likeness (QED) is 0.605. The molecule has 0 fully saturated rings. The average Bonchev–Trinajstić information content (AvgIpc) is 3.01. The molecule has 2 N–H and O–H groups in total. The number of aromatic nitrogens is 1. The molecule has 0 saturated heterocycles. The van der Waals surface area contributed by atoms with Gasteiger partial charge in [0.1, 0.15) is 5.92 Å². The van der Waals surface area contributed by atoms with Crippen LogP contribution in [0.2, 0.25) is 0 Å². The van der Waals surface area contributed by atoms with E-state index in [1.165, 1.54) is 0 Å². The van der Waals surface area contributed by atoms with Crippen LogP contribution in [0, 0.1) is 0 Å². The molecule has 11 heteroatoms. The zero-order chi connectivity index (χ0) is 20.6. The summed E-state index contributed by atoms with van der Waals surface area (Å²) in [5.41, 5.74) is -4.76. The fourth-order valence-corrected chi connectivity index (χ4v) is 2.50. The van der Waals surface area contributed by atoms with E-state index in [0.29, 0.717) is 12.1 Å². The minimum Gasteiger partial charge on any atom is -0.481 e. The molecular formula is C16H11F6NO4. The van der Waals surface area contributed by atoms with E-state index >= 15 is 0 Å². The lowest BCUT2D eigenvalue weighted by molar-refractivity contribution is -0.144. The number of halogens is 6. The number of hydrogen-bond donors (Lipinski definition) is 2. The van der Waals surface area contributed by atoms with Gasteiger partial charge in [-0.3, -0.25) is 4.79 Å². The molecule has 0 aliphatic rings. The Morgan fingerprint density at radius 3 is 1.93 bits per heavy atom. The predicted molar refractivity (Wildman–Crippen MR) is 78.1 cm³/mol. The summed E-state index contributed by atoms with van der Waals surface area (Å²) in [4.78, 5) is 25.8. The number of rotatable bonds is 4. The van der Waals surface area contributed by atoms with Crippen LogP contribution in [0.25, 0.3) is 0 Å². The van der Waals surface area contributed by atoms with Crippen molar-refractivity contribution in [2.24, 2.45) is 0 Å². The van der Waals surface area contributed by atoms with Crippen LogP contribution in [0.1, 0.15) is 38.5 Å². The highest BCUT2D eigenvalue weighted by Crippen LogP contribution is 2.39. The second-order valence-corrected chi connectivity index (χ2v) is 5.43. The standard InChI is InChI=1S/C16H11F6NO4/c1-27-14(26)11-6-23-5-10(11)12(13(24)25)7-2-8(15(17,18)19)4-9(3-7)16(20,21)22/h2-6,12,23H,1H3,(H,24,25). The Kier molecular flexibility index (Phi) is 5.25. The summed E-state index contributed by atoms with van der Waals surface area (Å²) >= 11 is 0. The summed E-state index contributed by atoms with van der Waals surface area (Å²) in [5.74, 6) is -4.71. The number of alkyl halides is 6. The largest absolute Gasteiger partial charge is 0.481 e. The number of aromatic amines is 1. The molecule has 0 spiro atoms. The molecule has 1 heterocycles. The van der Waals surface area contributed by atoms with Crippen molar-refractivity contribution in [3.63, 3.8) is 0 Å². The molecular weight excluding hydrogens is 384 g/mol. The molecule has 0 aliphatic carbocycles. The van der Waals surface area contributed by atoms with E-state index in [-0.39, 0.29) is 17.2 Å². The Morgan fingerprint density at radius 2 is 1.52 bits per heavy atom. The van der Waals surface area contributed by atoms with E-state index < -0.39 is 46.9 Å². The second kappa shape index (κ2) is 6.97. The maximum absolute atomic E-state index is 13.0. The number of carboxylic acids is 1. The van der Waals surface area contributed by atoms with Gasteiger partial charge in [-0.25, -0.2) is 4.79 Å². The van der Waals surface area contributed by atoms with Gasteiger partial charge >= 0.3 is 24.3 Å². The van der Waals surface area contributed by atoms with E-state index in [4.69, 9.17) is 0 Å². The number of esters is 1. The van der Waals surface area contributed by atoms with Gasteiger partial charge in [0.05, 0.1) is 23.8 Å². The molecule has 5 nitrogen and oxygen atoms in total. The Morgan fingerprint density at radius 1 is 1.00 bits per heavy atom. The van der Waals surface area contributed by atoms with Crippen molar-refractivity contribution in [3.8, 4) is 0 Å². The van der Waals surface area contributed by atoms with Gasteiger partial charge in [0, 0.05) is 18.0 Å². The molecule has 0 aliphatic heterocycles. The van der Waals surface area contributed by atoms with Crippen molar-refractivity contribution in [3.05, 3.63) is 58.4 Å². The van der Waals surface area contributed by atoms with E-state index in [9.17, 15) is 41.0 Å². The topological polar surface area (TPSA) is 79.4 Å². The molecule has 2 rings (SSSR count). The molecule has 0 amide bonds. The molecule has 1 atom stereocenters. The first-order valence-electron chi connectivity index (χ1n) is 7.13. The molecule has 2 aromatic rings. The van der Waals surface area contributed by atoms with E-state index in [0.717, 1.165) is 19.5 Å². The molecule has 27 heavy (non-hydrogen) atoms. The van der Waals surface area contributed by atoms with Gasteiger partial charge in [-0.05, 0) is 23.8 Å². The smallest absolute Gasteiger partial charge is 0.416 e. The summed E-state index contributed by atoms with van der Waals surface area (Å²) in [6, 6.07) is 0.505. The van der Waals surface area contributed by atoms with Crippen LogP contribution in [0.3, 0.4) is 0 Å². The molecule has 1 unspecified atom stereocenters. The second-order valence-electron chi connectivity index (χ2n) is 5.43. The van der Waals surface area contributed by atoms with E-state index in [2.05, 4.69) is 9.72 Å². The van der Waals surface area contributed by atoms with Gasteiger partial charge in [0.2, 0.25) is 0 Å². The maximum atomic E-state index is 13.0. The number of benzene rings is 1. The number of aliphatic carboxylic acids is 1. The van der Waals surface area contributed by atoms with Crippen molar-refractivity contribution in [2.75, 3.05) is 7.11 Å². The van der Waals surface area contributed by atoms with Crippen LogP contribution in [0.4, 0.5) is 26.3 Å². The third-order valence-electron chi connectivity index (χ3n) is 3.68. The van der Waals surface area contributed by atoms with Crippen LogP contribution in [0.15, 0.2) is 30.6 Å². The number of carboxylic acid groups (broad SMARTS) is 1. The first-order valence-corrected chi connectivity index (χ1v) is 7.13. The van der Waals surface area contributed by atoms with Crippen LogP contribution in [-0.4, -0.2) is 29.1 Å². The number of ether oxygens (including phenoxy) is 1. The van der Waals surface area contributed by atoms with Crippen LogP contribution >= 0.6 is 0 Å². The Balaban J connectivity index is 2.73. The molecule has 1 aromatic heterocycles. The fourth-order valence-electron chi connectivity index (χ4n) is 2.50. The lowest BCUT2D eigenvalue weighted by Gasteiger charge is -2.18. The van der Waals surface area contributed by atoms with Crippen LogP contribution in [-0.2, 0) is 21.9 Å². The van der Waals surface area contributed by atoms with Crippen molar-refractivity contribution in [1.29, 1.82) is 0 Å². The van der Waals surface area contributed by atoms with Crippen molar-refractivity contribution >= 4 is 11.9 Å². The summed E-state index contributed by atoms with van der Waals surface area (Å²) in [5, 5.41) is 9.44. The SMILES string of the molecule is COC(=O)c1c[nH]cc1C(C(=O)O)c1cc(C(F)(F)F)cc(C(F)(F)F)c1. The third-order valence-corrected chi connectivity index (χ3v) is 3.68. The number of H-pyrrole nitrogens is 1. The minimum absolute atomic E-state index is 0.110. The maximum Gasteiger partial charge on any atom is 0.416 e. The fraction of sp³-hybridized carbons (Fsp3) is 0.250. The summed E-state index contributed by atoms with van der Waals surface area (Å²) in [6.07, 6.45) is -8.24. The molecule has 0 saturated carbocycles. The van der Waals surface area contributed by atoms with Crippen molar-refractivity contribution in [1.82, 2.24) is 4.98 Å². The number of methoxy groups -OCH3 is 1. The molecule has 0 radical (unpaired) electrons. The number of carbonyl (C=O) groups excluding carboxylic acids is 1. The van der Waals surface area contributed by atoms with Gasteiger partial charge in [0.25, 0.3) is 0 Å². The highest BCUT2D eigenvalue weighted by molar-refractivity contribution is 5.94. The highest BCUT2D eigenvalue weighted by Gasteiger charge is 2.39. The minimum atomic E-state index is -5.14. The van der Waals surface area contributed by atoms with Gasteiger partial charge in [0.15, 0.2) is 0 Å². The lowest BCUT2D eigenvalue weighted by Crippen LogP contribution is -2.19. The zero-order valence-electron chi connectivity index (χ0n) is 13.4. The van der Waals surface area contributed by atoms with Gasteiger partial charge in [-0.2, -0.15) is 26.3 Å². The molecule has 146 valence electrons. The number of carbonyl (C=O) groups is 2. The number of hydrogen-bond acceptors (Lipinski definition) is 3.